The van der Waals surface area contributed by atoms with Crippen molar-refractivity contribution in [3.8, 4) is 0 Å². The summed E-state index contributed by atoms with van der Waals surface area (Å²) in [5, 5.41) is 9.94. The SMILES string of the molecule is CCCc1nc([C@H]2CN([C@H](C)C(=O)Nc3ncccn3)CCO2)n[nH]1. The molecule has 9 nitrogen and oxygen atoms in total. The van der Waals surface area contributed by atoms with Crippen LogP contribution in [-0.2, 0) is 16.0 Å². The number of ether oxygens (including phenoxy) is 1. The zero-order chi connectivity index (χ0) is 17.6. The van der Waals surface area contributed by atoms with E-state index in [-0.39, 0.29) is 18.1 Å². The minimum atomic E-state index is -0.329. The Morgan fingerprint density at radius 2 is 2.28 bits per heavy atom. The molecule has 3 rings (SSSR count). The number of carbonyl (C=O) groups excluding carboxylic acids is 1. The lowest BCUT2D eigenvalue weighted by molar-refractivity contribution is -0.124. The van der Waals surface area contributed by atoms with Crippen LogP contribution in [0.1, 0.15) is 38.0 Å². The lowest BCUT2D eigenvalue weighted by Gasteiger charge is -2.34. The molecule has 2 atom stereocenters. The molecule has 0 aliphatic carbocycles. The van der Waals surface area contributed by atoms with E-state index in [4.69, 9.17) is 4.74 Å². The summed E-state index contributed by atoms with van der Waals surface area (Å²) in [5.74, 6) is 1.67. The first kappa shape index (κ1) is 17.4. The van der Waals surface area contributed by atoms with E-state index >= 15 is 0 Å². The number of anilines is 1. The summed E-state index contributed by atoms with van der Waals surface area (Å²) >= 11 is 0. The van der Waals surface area contributed by atoms with Gasteiger partial charge in [0.15, 0.2) is 5.82 Å². The normalized spacial score (nSPS) is 19.5. The minimum absolute atomic E-state index is 0.145. The Morgan fingerprint density at radius 1 is 1.48 bits per heavy atom. The molecule has 3 heterocycles. The van der Waals surface area contributed by atoms with Crippen LogP contribution in [0.15, 0.2) is 18.5 Å². The van der Waals surface area contributed by atoms with Crippen molar-refractivity contribution in [1.82, 2.24) is 30.0 Å². The molecule has 25 heavy (non-hydrogen) atoms. The van der Waals surface area contributed by atoms with Gasteiger partial charge in [0.25, 0.3) is 0 Å². The Labute approximate surface area is 146 Å². The van der Waals surface area contributed by atoms with Crippen LogP contribution in [0.3, 0.4) is 0 Å². The third-order valence-corrected chi connectivity index (χ3v) is 4.15. The van der Waals surface area contributed by atoms with Crippen LogP contribution in [0.25, 0.3) is 0 Å². The highest BCUT2D eigenvalue weighted by molar-refractivity contribution is 5.93. The molecule has 0 spiro atoms. The summed E-state index contributed by atoms with van der Waals surface area (Å²) in [6.07, 6.45) is 4.81. The molecule has 0 saturated carbocycles. The van der Waals surface area contributed by atoms with Crippen LogP contribution >= 0.6 is 0 Å². The van der Waals surface area contributed by atoms with Gasteiger partial charge in [-0.2, -0.15) is 5.10 Å². The second kappa shape index (κ2) is 8.13. The Bertz CT molecular complexity index is 691. The summed E-state index contributed by atoms with van der Waals surface area (Å²) < 4.78 is 5.79. The van der Waals surface area contributed by atoms with Crippen molar-refractivity contribution >= 4 is 11.9 Å². The lowest BCUT2D eigenvalue weighted by atomic mass is 10.2. The van der Waals surface area contributed by atoms with E-state index in [9.17, 15) is 4.79 Å². The maximum absolute atomic E-state index is 12.4. The number of carbonyl (C=O) groups is 1. The number of aromatic nitrogens is 5. The molecule has 1 fully saturated rings. The molecule has 2 aromatic rings. The van der Waals surface area contributed by atoms with Crippen molar-refractivity contribution in [2.75, 3.05) is 25.0 Å². The van der Waals surface area contributed by atoms with Gasteiger partial charge in [-0.3, -0.25) is 20.1 Å². The highest BCUT2D eigenvalue weighted by Gasteiger charge is 2.31. The Hall–Kier alpha value is -2.39. The highest BCUT2D eigenvalue weighted by Crippen LogP contribution is 2.21. The fraction of sp³-hybridized carbons (Fsp3) is 0.562. The molecule has 9 heteroatoms. The van der Waals surface area contributed by atoms with E-state index in [1.165, 1.54) is 0 Å². The minimum Gasteiger partial charge on any atom is -0.367 e. The van der Waals surface area contributed by atoms with Gasteiger partial charge in [0.1, 0.15) is 11.9 Å². The fourth-order valence-corrected chi connectivity index (χ4v) is 2.72. The number of nitrogens with zero attached hydrogens (tertiary/aromatic N) is 5. The van der Waals surface area contributed by atoms with E-state index in [0.717, 1.165) is 18.7 Å². The maximum Gasteiger partial charge on any atom is 0.243 e. The van der Waals surface area contributed by atoms with Gasteiger partial charge >= 0.3 is 0 Å². The van der Waals surface area contributed by atoms with E-state index in [0.29, 0.717) is 31.5 Å². The smallest absolute Gasteiger partial charge is 0.243 e. The average Bonchev–Trinajstić information content (AvgIpc) is 3.11. The van der Waals surface area contributed by atoms with Crippen molar-refractivity contribution < 1.29 is 9.53 Å². The summed E-state index contributed by atoms with van der Waals surface area (Å²) in [6.45, 7) is 5.72. The molecular formula is C16H23N7O2. The molecular weight excluding hydrogens is 322 g/mol. The molecule has 1 saturated heterocycles. The van der Waals surface area contributed by atoms with Gasteiger partial charge in [0, 0.05) is 31.9 Å². The third kappa shape index (κ3) is 4.37. The fourth-order valence-electron chi connectivity index (χ4n) is 2.72. The van der Waals surface area contributed by atoms with Crippen molar-refractivity contribution in [3.63, 3.8) is 0 Å². The topological polar surface area (TPSA) is 109 Å². The van der Waals surface area contributed by atoms with Gasteiger partial charge in [0.05, 0.1) is 12.6 Å². The maximum atomic E-state index is 12.4. The molecule has 0 unspecified atom stereocenters. The molecule has 1 aliphatic heterocycles. The third-order valence-electron chi connectivity index (χ3n) is 4.15. The standard InChI is InChI=1S/C16H23N7O2/c1-3-5-13-19-14(22-21-13)12-10-23(8-9-25-12)11(2)15(24)20-16-17-6-4-7-18-16/h4,6-7,11-12H,3,5,8-10H2,1-2H3,(H,19,21,22)(H,17,18,20,24)/t11-,12-/m1/s1. The number of morpholine rings is 1. The summed E-state index contributed by atoms with van der Waals surface area (Å²) in [5.41, 5.74) is 0. The van der Waals surface area contributed by atoms with Crippen LogP contribution in [0, 0.1) is 0 Å². The quantitative estimate of drug-likeness (QED) is 0.802. The van der Waals surface area contributed by atoms with Crippen molar-refractivity contribution in [2.24, 2.45) is 0 Å². The molecule has 1 amide bonds. The van der Waals surface area contributed by atoms with E-state index in [2.05, 4.69) is 42.3 Å². The summed E-state index contributed by atoms with van der Waals surface area (Å²) in [7, 11) is 0. The average molecular weight is 345 g/mol. The zero-order valence-electron chi connectivity index (χ0n) is 14.5. The predicted octanol–water partition coefficient (Wildman–Crippen LogP) is 0.948. The van der Waals surface area contributed by atoms with Crippen LogP contribution in [0.4, 0.5) is 5.95 Å². The van der Waals surface area contributed by atoms with E-state index in [1.807, 2.05) is 6.92 Å². The first-order valence-corrected chi connectivity index (χ1v) is 8.52. The largest absolute Gasteiger partial charge is 0.367 e. The molecule has 1 aliphatic rings. The number of aromatic amines is 1. The van der Waals surface area contributed by atoms with Crippen LogP contribution in [-0.4, -0.2) is 61.7 Å². The lowest BCUT2D eigenvalue weighted by Crippen LogP contribution is -2.48. The summed E-state index contributed by atoms with van der Waals surface area (Å²) in [6, 6.07) is 1.37. The van der Waals surface area contributed by atoms with E-state index in [1.54, 1.807) is 18.5 Å². The summed E-state index contributed by atoms with van der Waals surface area (Å²) in [4.78, 5) is 27.0. The molecule has 0 bridgehead atoms. The van der Waals surface area contributed by atoms with Gasteiger partial charge in [-0.05, 0) is 19.4 Å². The number of H-pyrrole nitrogens is 1. The van der Waals surface area contributed by atoms with Crippen LogP contribution < -0.4 is 5.32 Å². The van der Waals surface area contributed by atoms with Crippen molar-refractivity contribution in [2.45, 2.75) is 38.8 Å². The van der Waals surface area contributed by atoms with Crippen LogP contribution in [0.5, 0.6) is 0 Å². The number of rotatable bonds is 6. The monoisotopic (exact) mass is 345 g/mol. The van der Waals surface area contributed by atoms with E-state index < -0.39 is 0 Å². The first-order chi connectivity index (χ1) is 12.2. The predicted molar refractivity (Wildman–Crippen MR) is 90.8 cm³/mol. The second-order valence-corrected chi connectivity index (χ2v) is 5.98. The number of hydrogen-bond acceptors (Lipinski definition) is 7. The Balaban J connectivity index is 1.60. The second-order valence-electron chi connectivity index (χ2n) is 5.98. The van der Waals surface area contributed by atoms with Gasteiger partial charge < -0.3 is 4.74 Å². The van der Waals surface area contributed by atoms with Crippen molar-refractivity contribution in [1.29, 1.82) is 0 Å². The molecule has 2 aromatic heterocycles. The Morgan fingerprint density at radius 3 is 3.04 bits per heavy atom. The van der Waals surface area contributed by atoms with Gasteiger partial charge in [-0.1, -0.05) is 6.92 Å². The number of amides is 1. The van der Waals surface area contributed by atoms with Crippen molar-refractivity contribution in [3.05, 3.63) is 30.1 Å². The highest BCUT2D eigenvalue weighted by atomic mass is 16.5. The van der Waals surface area contributed by atoms with Crippen LogP contribution in [0.2, 0.25) is 0 Å². The van der Waals surface area contributed by atoms with Gasteiger partial charge in [0.2, 0.25) is 11.9 Å². The molecule has 134 valence electrons. The number of hydrogen-bond donors (Lipinski definition) is 2. The molecule has 2 N–H and O–H groups in total. The number of aryl methyl sites for hydroxylation is 1. The Kier molecular flexibility index (Phi) is 5.67. The van der Waals surface area contributed by atoms with Gasteiger partial charge in [-0.25, -0.2) is 15.0 Å². The van der Waals surface area contributed by atoms with Gasteiger partial charge in [-0.15, -0.1) is 0 Å². The molecule has 0 radical (unpaired) electrons. The number of nitrogens with one attached hydrogen (secondary N) is 2. The first-order valence-electron chi connectivity index (χ1n) is 8.52. The zero-order valence-corrected chi connectivity index (χ0v) is 14.5. The molecule has 0 aromatic carbocycles.